The number of hydrogen-bond acceptors (Lipinski definition) is 9. The fraction of sp³-hybridized carbons (Fsp3) is 0.143. The van der Waals surface area contributed by atoms with E-state index in [-0.39, 0.29) is 30.8 Å². The van der Waals surface area contributed by atoms with E-state index < -0.39 is 17.0 Å². The second-order valence-electron chi connectivity index (χ2n) is 6.19. The van der Waals surface area contributed by atoms with Crippen LogP contribution in [-0.2, 0) is 9.63 Å². The summed E-state index contributed by atoms with van der Waals surface area (Å²) >= 11 is 0. The molecule has 3 rings (SSSR count). The summed E-state index contributed by atoms with van der Waals surface area (Å²) in [5.41, 5.74) is 1.08. The minimum atomic E-state index is -0.928. The molecule has 8 nitrogen and oxygen atoms in total. The highest BCUT2D eigenvalue weighted by molar-refractivity contribution is 8.82. The number of allylic oxidation sites excluding steroid dienone is 1. The first-order valence-electron chi connectivity index (χ1n) is 9.07. The Labute approximate surface area is 185 Å². The molecule has 0 atom stereocenters. The monoisotopic (exact) mass is 459 g/mol. The molecule has 10 heteroatoms. The van der Waals surface area contributed by atoms with Crippen molar-refractivity contribution in [1.29, 1.82) is 0 Å². The highest BCUT2D eigenvalue weighted by atomic mass is 33.1. The van der Waals surface area contributed by atoms with E-state index in [1.54, 1.807) is 45.9 Å². The molecule has 2 aromatic rings. The molecule has 2 aromatic carbocycles. The second kappa shape index (κ2) is 10.7. The van der Waals surface area contributed by atoms with Crippen LogP contribution >= 0.6 is 21.6 Å². The molecule has 31 heavy (non-hydrogen) atoms. The molecule has 0 N–H and O–H groups in total. The predicted molar refractivity (Wildman–Crippen MR) is 118 cm³/mol. The van der Waals surface area contributed by atoms with E-state index in [9.17, 15) is 19.7 Å². The summed E-state index contributed by atoms with van der Waals surface area (Å²) in [6.07, 6.45) is 2.00. The van der Waals surface area contributed by atoms with Gasteiger partial charge in [0.25, 0.3) is 5.09 Å². The zero-order valence-electron chi connectivity index (χ0n) is 16.1. The van der Waals surface area contributed by atoms with Crippen molar-refractivity contribution in [2.45, 2.75) is 12.8 Å². The average molecular weight is 460 g/mol. The first-order chi connectivity index (χ1) is 14.9. The lowest BCUT2D eigenvalue weighted by Crippen LogP contribution is -2.15. The molecule has 0 aromatic heterocycles. The van der Waals surface area contributed by atoms with Crippen LogP contribution in [0.5, 0.6) is 11.5 Å². The van der Waals surface area contributed by atoms with Gasteiger partial charge < -0.3 is 14.3 Å². The number of hydrogen-bond donors (Lipinski definition) is 0. The van der Waals surface area contributed by atoms with Crippen molar-refractivity contribution < 1.29 is 29.0 Å². The van der Waals surface area contributed by atoms with Gasteiger partial charge >= 0.3 is 11.9 Å². The maximum Gasteiger partial charge on any atom is 0.347 e. The summed E-state index contributed by atoms with van der Waals surface area (Å²) in [4.78, 5) is 40.9. The van der Waals surface area contributed by atoms with Gasteiger partial charge in [-0.3, -0.25) is 4.79 Å². The van der Waals surface area contributed by atoms with E-state index in [4.69, 9.17) is 9.47 Å². The van der Waals surface area contributed by atoms with Crippen molar-refractivity contribution in [3.63, 3.8) is 0 Å². The van der Waals surface area contributed by atoms with Crippen molar-refractivity contribution in [3.05, 3.63) is 87.3 Å². The molecule has 0 bridgehead atoms. The summed E-state index contributed by atoms with van der Waals surface area (Å²) in [7, 11) is 3.21. The van der Waals surface area contributed by atoms with E-state index in [0.29, 0.717) is 5.75 Å². The van der Waals surface area contributed by atoms with Crippen molar-refractivity contribution in [2.75, 3.05) is 6.61 Å². The van der Waals surface area contributed by atoms with Gasteiger partial charge in [-0.25, -0.2) is 4.79 Å². The second-order valence-corrected chi connectivity index (χ2v) is 8.48. The van der Waals surface area contributed by atoms with Crippen LogP contribution in [0.3, 0.4) is 0 Å². The zero-order valence-corrected chi connectivity index (χ0v) is 17.8. The van der Waals surface area contributed by atoms with Crippen LogP contribution in [-0.4, -0.2) is 23.6 Å². The Kier molecular flexibility index (Phi) is 7.74. The molecule has 0 saturated carbocycles. The van der Waals surface area contributed by atoms with Gasteiger partial charge in [0.2, 0.25) is 0 Å². The fourth-order valence-corrected chi connectivity index (χ4v) is 4.55. The van der Waals surface area contributed by atoms with Crippen LogP contribution in [0.25, 0.3) is 4.91 Å². The van der Waals surface area contributed by atoms with Crippen LogP contribution < -0.4 is 9.47 Å². The quantitative estimate of drug-likeness (QED) is 0.127. The third-order valence-electron chi connectivity index (χ3n) is 3.93. The van der Waals surface area contributed by atoms with Crippen molar-refractivity contribution in [1.82, 2.24) is 0 Å². The molecule has 0 saturated heterocycles. The Bertz CT molecular complexity index is 1030. The number of para-hydroxylation sites is 1. The van der Waals surface area contributed by atoms with Gasteiger partial charge in [0, 0.05) is 16.2 Å². The molecule has 160 valence electrons. The molecule has 0 unspecified atom stereocenters. The maximum absolute atomic E-state index is 12.6. The third kappa shape index (κ3) is 6.63. The first-order valence-corrected chi connectivity index (χ1v) is 11.2. The van der Waals surface area contributed by atoms with Gasteiger partial charge in [0.1, 0.15) is 17.1 Å². The molecule has 0 spiro atoms. The van der Waals surface area contributed by atoms with Gasteiger partial charge in [-0.05, 0) is 42.3 Å². The number of esters is 2. The average Bonchev–Trinajstić information content (AvgIpc) is 3.18. The van der Waals surface area contributed by atoms with E-state index in [1.165, 1.54) is 12.1 Å². The number of carbonyl (C=O) groups is 2. The van der Waals surface area contributed by atoms with Crippen molar-refractivity contribution >= 4 is 38.4 Å². The standard InChI is InChI=1S/C21H17NO7S2/c1-14-13-19(31-30-14)15-8-10-16(11-9-15)28-21(24)17-5-2-3-6-18(17)29-20(23)7-4-12-27-22(25)26/h2-3,5-6,8-11,13H,1,4,7,12H2. The van der Waals surface area contributed by atoms with Crippen LogP contribution in [0.15, 0.2) is 66.1 Å². The Morgan fingerprint density at radius 3 is 2.45 bits per heavy atom. The third-order valence-corrected chi connectivity index (χ3v) is 6.31. The summed E-state index contributed by atoms with van der Waals surface area (Å²) in [6.45, 7) is 3.69. The van der Waals surface area contributed by atoms with Gasteiger partial charge in [-0.1, -0.05) is 52.4 Å². The first kappa shape index (κ1) is 22.4. The van der Waals surface area contributed by atoms with Gasteiger partial charge in [-0.15, -0.1) is 10.1 Å². The normalized spacial score (nSPS) is 12.8. The summed E-state index contributed by atoms with van der Waals surface area (Å²) in [5.74, 6) is -0.918. The minimum absolute atomic E-state index is 0.0485. The molecule has 0 amide bonds. The van der Waals surface area contributed by atoms with Crippen LogP contribution in [0, 0.1) is 10.1 Å². The fourth-order valence-electron chi connectivity index (χ4n) is 2.53. The number of carbonyl (C=O) groups excluding carboxylic acids is 2. The topological polar surface area (TPSA) is 105 Å². The summed E-state index contributed by atoms with van der Waals surface area (Å²) in [5, 5.41) is 9.18. The van der Waals surface area contributed by atoms with Crippen LogP contribution in [0.2, 0.25) is 0 Å². The Balaban J connectivity index is 1.60. The Hall–Kier alpha value is -3.24. The number of rotatable bonds is 9. The smallest absolute Gasteiger partial charge is 0.347 e. The lowest BCUT2D eigenvalue weighted by Gasteiger charge is -2.10. The molecule has 1 aliphatic heterocycles. The van der Waals surface area contributed by atoms with Crippen LogP contribution in [0.4, 0.5) is 0 Å². The molecule has 1 aliphatic rings. The van der Waals surface area contributed by atoms with Crippen molar-refractivity contribution in [3.8, 4) is 11.5 Å². The molecule has 0 radical (unpaired) electrons. The number of ether oxygens (including phenoxy) is 2. The largest absolute Gasteiger partial charge is 0.426 e. The molecular weight excluding hydrogens is 442 g/mol. The van der Waals surface area contributed by atoms with E-state index in [0.717, 1.165) is 15.4 Å². The van der Waals surface area contributed by atoms with E-state index >= 15 is 0 Å². The van der Waals surface area contributed by atoms with E-state index in [2.05, 4.69) is 11.4 Å². The lowest BCUT2D eigenvalue weighted by molar-refractivity contribution is -0.757. The number of nitrogens with zero attached hydrogens (tertiary/aromatic N) is 1. The molecule has 1 heterocycles. The van der Waals surface area contributed by atoms with Gasteiger partial charge in [0.05, 0.1) is 6.61 Å². The van der Waals surface area contributed by atoms with Crippen LogP contribution in [0.1, 0.15) is 28.8 Å². The SMILES string of the molecule is C=C1C=C(c2ccc(OC(=O)c3ccccc3OC(=O)CCCO[N+](=O)[O-])cc2)SS1. The predicted octanol–water partition coefficient (Wildman–Crippen LogP) is 5.05. The molecule has 0 fully saturated rings. The van der Waals surface area contributed by atoms with Crippen molar-refractivity contribution in [2.24, 2.45) is 0 Å². The maximum atomic E-state index is 12.6. The summed E-state index contributed by atoms with van der Waals surface area (Å²) in [6, 6.07) is 13.3. The highest BCUT2D eigenvalue weighted by Gasteiger charge is 2.18. The lowest BCUT2D eigenvalue weighted by atomic mass is 10.2. The van der Waals surface area contributed by atoms with Gasteiger partial charge in [-0.2, -0.15) is 0 Å². The zero-order chi connectivity index (χ0) is 22.2. The highest BCUT2D eigenvalue weighted by Crippen LogP contribution is 2.48. The molecule has 0 aliphatic carbocycles. The summed E-state index contributed by atoms with van der Waals surface area (Å²) < 4.78 is 10.6. The van der Waals surface area contributed by atoms with E-state index in [1.807, 2.05) is 18.2 Å². The number of benzene rings is 2. The Morgan fingerprint density at radius 1 is 1.03 bits per heavy atom. The minimum Gasteiger partial charge on any atom is -0.426 e. The van der Waals surface area contributed by atoms with Gasteiger partial charge in [0.15, 0.2) is 0 Å². The molecular formula is C21H17NO7S2. The Morgan fingerprint density at radius 2 is 1.77 bits per heavy atom.